The fourth-order valence-corrected chi connectivity index (χ4v) is 6.84. The molecule has 12 nitrogen and oxygen atoms in total. The number of ether oxygens (including phenoxy) is 3. The molecule has 0 aliphatic carbocycles. The SMILES string of the molecule is CCOc1nc(OC)c(CN2CC(C(c3ccccc3)c3ccccc3)N3CCN(C(=O)c4c[n+]([O-])ccn4)C[C@@H]3C2)c(OCC(F)(F)F)n1. The van der Waals surface area contributed by atoms with E-state index in [1.54, 1.807) is 11.8 Å². The van der Waals surface area contributed by atoms with Crippen molar-refractivity contribution in [2.24, 2.45) is 0 Å². The predicted octanol–water partition coefficient (Wildman–Crippen LogP) is 3.70. The van der Waals surface area contributed by atoms with E-state index in [0.717, 1.165) is 17.3 Å². The fraction of sp³-hybridized carbons (Fsp3) is 0.400. The molecule has 0 N–H and O–H groups in total. The van der Waals surface area contributed by atoms with Gasteiger partial charge in [-0.15, -0.1) is 0 Å². The highest BCUT2D eigenvalue weighted by molar-refractivity contribution is 5.91. The molecule has 264 valence electrons. The van der Waals surface area contributed by atoms with E-state index < -0.39 is 12.8 Å². The molecule has 1 amide bonds. The largest absolute Gasteiger partial charge is 0.619 e. The van der Waals surface area contributed by atoms with Gasteiger partial charge >= 0.3 is 12.2 Å². The second-order valence-electron chi connectivity index (χ2n) is 12.1. The molecular formula is C35H38F3N7O5. The molecule has 2 aliphatic rings. The lowest BCUT2D eigenvalue weighted by Gasteiger charge is -2.53. The van der Waals surface area contributed by atoms with Crippen LogP contribution in [0.25, 0.3) is 0 Å². The summed E-state index contributed by atoms with van der Waals surface area (Å²) in [5.41, 5.74) is 2.51. The van der Waals surface area contributed by atoms with Crippen molar-refractivity contribution in [2.45, 2.75) is 37.6 Å². The lowest BCUT2D eigenvalue weighted by molar-refractivity contribution is -0.606. The molecule has 6 rings (SSSR count). The molecule has 2 aromatic heterocycles. The van der Waals surface area contributed by atoms with Gasteiger partial charge in [0.15, 0.2) is 18.5 Å². The van der Waals surface area contributed by atoms with Crippen molar-refractivity contribution in [3.63, 3.8) is 0 Å². The minimum absolute atomic E-state index is 0.0452. The summed E-state index contributed by atoms with van der Waals surface area (Å²) in [6.07, 6.45) is -0.930. The summed E-state index contributed by atoms with van der Waals surface area (Å²) >= 11 is 0. The predicted molar refractivity (Wildman–Crippen MR) is 175 cm³/mol. The maximum Gasteiger partial charge on any atom is 0.422 e. The number of methoxy groups -OCH3 is 1. The van der Waals surface area contributed by atoms with Crippen LogP contribution in [-0.4, -0.2) is 107 Å². The van der Waals surface area contributed by atoms with Crippen LogP contribution >= 0.6 is 0 Å². The van der Waals surface area contributed by atoms with Gasteiger partial charge in [0, 0.05) is 57.3 Å². The van der Waals surface area contributed by atoms with E-state index in [1.807, 2.05) is 36.4 Å². The van der Waals surface area contributed by atoms with Gasteiger partial charge in [-0.2, -0.15) is 27.9 Å². The number of carbonyl (C=O) groups excluding carboxylic acids is 1. The van der Waals surface area contributed by atoms with E-state index in [4.69, 9.17) is 14.2 Å². The normalized spacial score (nSPS) is 18.5. The maximum atomic E-state index is 13.5. The molecule has 1 unspecified atom stereocenters. The van der Waals surface area contributed by atoms with Gasteiger partial charge in [-0.25, -0.2) is 4.98 Å². The fourth-order valence-electron chi connectivity index (χ4n) is 6.84. The van der Waals surface area contributed by atoms with Crippen molar-refractivity contribution in [1.29, 1.82) is 0 Å². The third kappa shape index (κ3) is 8.05. The maximum absolute atomic E-state index is 13.5. The van der Waals surface area contributed by atoms with Crippen LogP contribution in [0.1, 0.15) is 40.0 Å². The van der Waals surface area contributed by atoms with E-state index in [-0.39, 0.29) is 66.1 Å². The minimum Gasteiger partial charge on any atom is -0.619 e. The summed E-state index contributed by atoms with van der Waals surface area (Å²) in [6.45, 7) is 2.74. The van der Waals surface area contributed by atoms with Gasteiger partial charge in [0.25, 0.3) is 5.91 Å². The van der Waals surface area contributed by atoms with E-state index >= 15 is 0 Å². The number of rotatable bonds is 11. The molecule has 0 radical (unpaired) electrons. The molecule has 0 bridgehead atoms. The highest BCUT2D eigenvalue weighted by Crippen LogP contribution is 2.38. The first-order valence-electron chi connectivity index (χ1n) is 16.3. The summed E-state index contributed by atoms with van der Waals surface area (Å²) < 4.78 is 56.8. The number of piperazine rings is 2. The molecule has 2 atom stereocenters. The van der Waals surface area contributed by atoms with E-state index in [0.29, 0.717) is 37.5 Å². The number of alkyl halides is 3. The first kappa shape index (κ1) is 34.8. The third-order valence-corrected chi connectivity index (χ3v) is 8.89. The first-order valence-corrected chi connectivity index (χ1v) is 16.3. The number of halogens is 3. The summed E-state index contributed by atoms with van der Waals surface area (Å²) in [5, 5.41) is 11.9. The van der Waals surface area contributed by atoms with Crippen LogP contribution in [-0.2, 0) is 6.54 Å². The number of nitrogens with zero attached hydrogens (tertiary/aromatic N) is 7. The molecule has 2 aromatic carbocycles. The van der Waals surface area contributed by atoms with Crippen molar-refractivity contribution >= 4 is 5.91 Å². The number of amides is 1. The summed E-state index contributed by atoms with van der Waals surface area (Å²) in [5.74, 6) is -0.667. The Hall–Kier alpha value is -5.02. The van der Waals surface area contributed by atoms with Crippen LogP contribution in [0.3, 0.4) is 0 Å². The van der Waals surface area contributed by atoms with E-state index in [9.17, 15) is 23.2 Å². The Kier molecular flexibility index (Phi) is 10.6. The highest BCUT2D eigenvalue weighted by Gasteiger charge is 2.44. The molecule has 2 aliphatic heterocycles. The third-order valence-electron chi connectivity index (χ3n) is 8.89. The van der Waals surface area contributed by atoms with Crippen LogP contribution in [0.4, 0.5) is 13.2 Å². The standard InChI is InChI=1S/C35H38F3N7O5/c1-3-49-34-40-31(48-2)27(32(41-34)50-23-35(36,37)38)20-42-18-26-19-43(33(46)28-21-44(47)15-14-39-28)16-17-45(26)29(22-42)30(24-10-6-4-7-11-24)25-12-8-5-9-13-25/h4-15,21,26,29-30H,3,16-20,22-23H2,1-2H3/t26-,29?/m0/s1. The summed E-state index contributed by atoms with van der Waals surface area (Å²) in [6, 6.07) is 19.9. The number of hydrogen-bond donors (Lipinski definition) is 0. The van der Waals surface area contributed by atoms with Crippen molar-refractivity contribution in [3.8, 4) is 17.8 Å². The van der Waals surface area contributed by atoms with Crippen LogP contribution in [0.2, 0.25) is 0 Å². The number of fused-ring (bicyclic) bond motifs is 1. The summed E-state index contributed by atoms with van der Waals surface area (Å²) in [4.78, 5) is 32.4. The molecule has 4 heterocycles. The molecule has 2 saturated heterocycles. The molecular weight excluding hydrogens is 655 g/mol. The molecule has 2 fully saturated rings. The Labute approximate surface area is 287 Å². The molecule has 0 saturated carbocycles. The van der Waals surface area contributed by atoms with Gasteiger partial charge in [0.2, 0.25) is 18.0 Å². The lowest BCUT2D eigenvalue weighted by Crippen LogP contribution is -2.67. The highest BCUT2D eigenvalue weighted by atomic mass is 19.4. The smallest absolute Gasteiger partial charge is 0.422 e. The zero-order chi connectivity index (χ0) is 35.3. The molecule has 15 heteroatoms. The first-order chi connectivity index (χ1) is 24.1. The Balaban J connectivity index is 1.38. The molecule has 4 aromatic rings. The Bertz CT molecular complexity index is 1710. The quantitative estimate of drug-likeness (QED) is 0.170. The van der Waals surface area contributed by atoms with E-state index in [1.165, 1.54) is 19.5 Å². The lowest BCUT2D eigenvalue weighted by atomic mass is 9.81. The van der Waals surface area contributed by atoms with Crippen molar-refractivity contribution in [1.82, 2.24) is 29.7 Å². The van der Waals surface area contributed by atoms with Crippen LogP contribution < -0.4 is 18.9 Å². The van der Waals surface area contributed by atoms with Gasteiger partial charge in [0.05, 0.1) is 25.5 Å². The van der Waals surface area contributed by atoms with Gasteiger partial charge < -0.3 is 24.3 Å². The zero-order valence-electron chi connectivity index (χ0n) is 27.7. The second kappa shape index (κ2) is 15.3. The van der Waals surface area contributed by atoms with Crippen LogP contribution in [0.5, 0.6) is 17.8 Å². The number of hydrogen-bond acceptors (Lipinski definition) is 10. The van der Waals surface area contributed by atoms with Crippen LogP contribution in [0.15, 0.2) is 79.3 Å². The Morgan fingerprint density at radius 1 is 0.980 bits per heavy atom. The van der Waals surface area contributed by atoms with E-state index in [2.05, 4.69) is 49.0 Å². The average Bonchev–Trinajstić information content (AvgIpc) is 3.11. The van der Waals surface area contributed by atoms with Gasteiger partial charge in [-0.3, -0.25) is 14.6 Å². The monoisotopic (exact) mass is 693 g/mol. The van der Waals surface area contributed by atoms with Gasteiger partial charge in [0.1, 0.15) is 0 Å². The van der Waals surface area contributed by atoms with Crippen LogP contribution in [0, 0.1) is 5.21 Å². The second-order valence-corrected chi connectivity index (χ2v) is 12.1. The van der Waals surface area contributed by atoms with Crippen molar-refractivity contribution in [2.75, 3.05) is 53.0 Å². The molecule has 0 spiro atoms. The van der Waals surface area contributed by atoms with Gasteiger partial charge in [-0.1, -0.05) is 60.7 Å². The average molecular weight is 694 g/mol. The Morgan fingerprint density at radius 2 is 1.66 bits per heavy atom. The number of benzene rings is 2. The minimum atomic E-state index is -4.60. The number of aromatic nitrogens is 4. The number of carbonyl (C=O) groups is 1. The van der Waals surface area contributed by atoms with Gasteiger partial charge in [-0.05, 0) is 18.1 Å². The topological polar surface area (TPSA) is 120 Å². The Morgan fingerprint density at radius 3 is 2.28 bits per heavy atom. The zero-order valence-corrected chi connectivity index (χ0v) is 27.7. The summed E-state index contributed by atoms with van der Waals surface area (Å²) in [7, 11) is 1.38. The van der Waals surface area contributed by atoms with Crippen molar-refractivity contribution in [3.05, 3.63) is 107 Å². The van der Waals surface area contributed by atoms with Crippen molar-refractivity contribution < 1.29 is 36.9 Å². The molecule has 50 heavy (non-hydrogen) atoms.